The fraction of sp³-hybridized carbons (Fsp3) is 0.105. The van der Waals surface area contributed by atoms with E-state index in [1.54, 1.807) is 24.5 Å². The van der Waals surface area contributed by atoms with Crippen molar-refractivity contribution in [3.05, 3.63) is 71.8 Å². The van der Waals surface area contributed by atoms with Crippen LogP contribution in [-0.4, -0.2) is 35.0 Å². The third-order valence-electron chi connectivity index (χ3n) is 3.69. The normalized spacial score (nSPS) is 10.8. The van der Waals surface area contributed by atoms with Gasteiger partial charge in [-0.1, -0.05) is 36.4 Å². The molecule has 0 atom stereocenters. The third kappa shape index (κ3) is 3.42. The van der Waals surface area contributed by atoms with E-state index in [0.29, 0.717) is 22.7 Å². The minimum atomic E-state index is -0.457. The molecular formula is C19H17N3O3. The standard InChI is InChI=1S/C19H17N3O3/c1-24-16-10-6-7-14(18(16)19(23)25-2)11-12-17-21-20-13-22(17)15-8-4-3-5-9-15/h3-13H,1-2H3/b12-11+. The van der Waals surface area contributed by atoms with Crippen LogP contribution in [-0.2, 0) is 4.74 Å². The summed E-state index contributed by atoms with van der Waals surface area (Å²) in [5.41, 5.74) is 1.99. The number of carbonyl (C=O) groups excluding carboxylic acids is 1. The molecule has 126 valence electrons. The first kappa shape index (κ1) is 16.4. The van der Waals surface area contributed by atoms with Crippen molar-refractivity contribution in [1.82, 2.24) is 14.8 Å². The second-order valence-electron chi connectivity index (χ2n) is 5.14. The molecule has 0 aliphatic rings. The Labute approximate surface area is 145 Å². The molecule has 25 heavy (non-hydrogen) atoms. The molecule has 0 spiro atoms. The maximum atomic E-state index is 12.1. The van der Waals surface area contributed by atoms with Crippen LogP contribution in [0.4, 0.5) is 0 Å². The zero-order chi connectivity index (χ0) is 17.6. The van der Waals surface area contributed by atoms with E-state index in [2.05, 4.69) is 10.2 Å². The van der Waals surface area contributed by atoms with Gasteiger partial charge in [-0.2, -0.15) is 0 Å². The van der Waals surface area contributed by atoms with Gasteiger partial charge in [-0.15, -0.1) is 10.2 Å². The van der Waals surface area contributed by atoms with Crippen molar-refractivity contribution in [3.63, 3.8) is 0 Å². The van der Waals surface area contributed by atoms with Gasteiger partial charge in [0.2, 0.25) is 0 Å². The molecule has 3 aromatic rings. The van der Waals surface area contributed by atoms with Crippen LogP contribution in [0.5, 0.6) is 5.75 Å². The first-order valence-electron chi connectivity index (χ1n) is 7.63. The molecule has 1 aromatic heterocycles. The quantitative estimate of drug-likeness (QED) is 0.670. The van der Waals surface area contributed by atoms with Gasteiger partial charge in [-0.3, -0.25) is 4.57 Å². The topological polar surface area (TPSA) is 66.2 Å². The molecule has 6 heteroatoms. The number of hydrogen-bond donors (Lipinski definition) is 0. The number of nitrogens with zero attached hydrogens (tertiary/aromatic N) is 3. The molecule has 0 bridgehead atoms. The van der Waals surface area contributed by atoms with E-state index in [0.717, 1.165) is 5.69 Å². The molecule has 1 heterocycles. The van der Waals surface area contributed by atoms with E-state index in [1.807, 2.05) is 47.0 Å². The van der Waals surface area contributed by atoms with Gasteiger partial charge in [0.25, 0.3) is 0 Å². The summed E-state index contributed by atoms with van der Waals surface area (Å²) in [5, 5.41) is 8.09. The molecule has 0 aliphatic heterocycles. The van der Waals surface area contributed by atoms with Crippen LogP contribution in [0.3, 0.4) is 0 Å². The van der Waals surface area contributed by atoms with Crippen molar-refractivity contribution in [2.24, 2.45) is 0 Å². The minimum Gasteiger partial charge on any atom is -0.496 e. The lowest BCUT2D eigenvalue weighted by Crippen LogP contribution is -2.06. The summed E-state index contributed by atoms with van der Waals surface area (Å²) in [6, 6.07) is 15.1. The molecule has 0 fully saturated rings. The van der Waals surface area contributed by atoms with Crippen molar-refractivity contribution in [3.8, 4) is 11.4 Å². The number of hydrogen-bond acceptors (Lipinski definition) is 5. The van der Waals surface area contributed by atoms with E-state index in [4.69, 9.17) is 9.47 Å². The summed E-state index contributed by atoms with van der Waals surface area (Å²) in [6.07, 6.45) is 5.22. The number of carbonyl (C=O) groups is 1. The summed E-state index contributed by atoms with van der Waals surface area (Å²) in [7, 11) is 2.86. The smallest absolute Gasteiger partial charge is 0.342 e. The second-order valence-corrected chi connectivity index (χ2v) is 5.14. The van der Waals surface area contributed by atoms with Crippen LogP contribution in [0.25, 0.3) is 17.8 Å². The van der Waals surface area contributed by atoms with Gasteiger partial charge in [0.1, 0.15) is 17.6 Å². The van der Waals surface area contributed by atoms with Crippen LogP contribution < -0.4 is 4.74 Å². The molecule has 0 saturated carbocycles. The highest BCUT2D eigenvalue weighted by molar-refractivity contribution is 5.97. The lowest BCUT2D eigenvalue weighted by Gasteiger charge is -2.09. The predicted octanol–water partition coefficient (Wildman–Crippen LogP) is 3.23. The van der Waals surface area contributed by atoms with Gasteiger partial charge in [0.05, 0.1) is 14.2 Å². The molecule has 6 nitrogen and oxygen atoms in total. The molecule has 2 aromatic carbocycles. The number of esters is 1. The molecule has 0 radical (unpaired) electrons. The van der Waals surface area contributed by atoms with Crippen LogP contribution in [0, 0.1) is 0 Å². The Morgan fingerprint density at radius 1 is 1.04 bits per heavy atom. The van der Waals surface area contributed by atoms with E-state index >= 15 is 0 Å². The number of benzene rings is 2. The number of ether oxygens (including phenoxy) is 2. The highest BCUT2D eigenvalue weighted by atomic mass is 16.5. The molecule has 0 unspecified atom stereocenters. The molecule has 0 amide bonds. The highest BCUT2D eigenvalue weighted by Crippen LogP contribution is 2.25. The Kier molecular flexibility index (Phi) is 4.89. The largest absolute Gasteiger partial charge is 0.496 e. The number of para-hydroxylation sites is 1. The van der Waals surface area contributed by atoms with Gasteiger partial charge in [-0.05, 0) is 29.8 Å². The van der Waals surface area contributed by atoms with E-state index in [9.17, 15) is 4.79 Å². The fourth-order valence-electron chi connectivity index (χ4n) is 2.49. The van der Waals surface area contributed by atoms with Crippen LogP contribution in [0.1, 0.15) is 21.7 Å². The lowest BCUT2D eigenvalue weighted by molar-refractivity contribution is 0.0597. The van der Waals surface area contributed by atoms with Gasteiger partial charge < -0.3 is 9.47 Å². The first-order valence-corrected chi connectivity index (χ1v) is 7.63. The average Bonchev–Trinajstić information content (AvgIpc) is 3.14. The number of aromatic nitrogens is 3. The molecular weight excluding hydrogens is 318 g/mol. The Bertz CT molecular complexity index is 901. The van der Waals surface area contributed by atoms with Crippen LogP contribution in [0.2, 0.25) is 0 Å². The lowest BCUT2D eigenvalue weighted by atomic mass is 10.1. The highest BCUT2D eigenvalue weighted by Gasteiger charge is 2.16. The van der Waals surface area contributed by atoms with E-state index < -0.39 is 5.97 Å². The van der Waals surface area contributed by atoms with Gasteiger partial charge in [0, 0.05) is 5.69 Å². The summed E-state index contributed by atoms with van der Waals surface area (Å²) in [4.78, 5) is 12.1. The van der Waals surface area contributed by atoms with E-state index in [1.165, 1.54) is 14.2 Å². The maximum absolute atomic E-state index is 12.1. The zero-order valence-corrected chi connectivity index (χ0v) is 13.9. The monoisotopic (exact) mass is 335 g/mol. The summed E-state index contributed by atoms with van der Waals surface area (Å²) in [6.45, 7) is 0. The first-order chi connectivity index (χ1) is 12.2. The van der Waals surface area contributed by atoms with Crippen molar-refractivity contribution in [2.75, 3.05) is 14.2 Å². The predicted molar refractivity (Wildman–Crippen MR) is 94.6 cm³/mol. The van der Waals surface area contributed by atoms with Crippen molar-refractivity contribution in [2.45, 2.75) is 0 Å². The molecule has 0 N–H and O–H groups in total. The molecule has 0 saturated heterocycles. The zero-order valence-electron chi connectivity index (χ0n) is 13.9. The third-order valence-corrected chi connectivity index (χ3v) is 3.69. The summed E-state index contributed by atoms with van der Waals surface area (Å²) >= 11 is 0. The Morgan fingerprint density at radius 2 is 1.84 bits per heavy atom. The SMILES string of the molecule is COC(=O)c1c(/C=C/c2nncn2-c2ccccc2)cccc1OC. The van der Waals surface area contributed by atoms with Gasteiger partial charge in [-0.25, -0.2) is 4.79 Å². The Balaban J connectivity index is 1.99. The number of rotatable bonds is 5. The molecule has 0 aliphatic carbocycles. The Hall–Kier alpha value is -3.41. The van der Waals surface area contributed by atoms with Gasteiger partial charge in [0.15, 0.2) is 5.82 Å². The second kappa shape index (κ2) is 7.44. The fourth-order valence-corrected chi connectivity index (χ4v) is 2.49. The maximum Gasteiger partial charge on any atom is 0.342 e. The minimum absolute atomic E-state index is 0.370. The van der Waals surface area contributed by atoms with Crippen LogP contribution >= 0.6 is 0 Å². The van der Waals surface area contributed by atoms with Crippen LogP contribution in [0.15, 0.2) is 54.9 Å². The Morgan fingerprint density at radius 3 is 2.56 bits per heavy atom. The average molecular weight is 335 g/mol. The summed E-state index contributed by atoms with van der Waals surface area (Å²) in [5.74, 6) is 0.644. The van der Waals surface area contributed by atoms with Gasteiger partial charge >= 0.3 is 5.97 Å². The van der Waals surface area contributed by atoms with Crippen molar-refractivity contribution in [1.29, 1.82) is 0 Å². The number of methoxy groups -OCH3 is 2. The molecule has 3 rings (SSSR count). The van der Waals surface area contributed by atoms with Crippen molar-refractivity contribution < 1.29 is 14.3 Å². The summed E-state index contributed by atoms with van der Waals surface area (Å²) < 4.78 is 12.0. The van der Waals surface area contributed by atoms with Crippen molar-refractivity contribution >= 4 is 18.1 Å². The van der Waals surface area contributed by atoms with E-state index in [-0.39, 0.29) is 0 Å².